The number of aromatic amines is 1. The Kier molecular flexibility index (Phi) is 3.84. The first-order valence-electron chi connectivity index (χ1n) is 6.18. The van der Waals surface area contributed by atoms with E-state index in [1.165, 1.54) is 18.0 Å². The summed E-state index contributed by atoms with van der Waals surface area (Å²) in [5.74, 6) is -1.68. The minimum Gasteiger partial charge on any atom is -0.476 e. The molecular weight excluding hydrogens is 307 g/mol. The van der Waals surface area contributed by atoms with Crippen LogP contribution in [0.1, 0.15) is 10.5 Å². The number of benzene rings is 1. The molecule has 0 fully saturated rings. The largest absolute Gasteiger partial charge is 0.476 e. The highest BCUT2D eigenvalue weighted by Gasteiger charge is 2.15. The molecule has 2 heterocycles. The van der Waals surface area contributed by atoms with Crippen molar-refractivity contribution >= 4 is 17.7 Å². The third-order valence-electron chi connectivity index (χ3n) is 2.86. The van der Waals surface area contributed by atoms with Crippen molar-refractivity contribution in [3.05, 3.63) is 54.2 Å². The van der Waals surface area contributed by atoms with Crippen LogP contribution in [-0.2, 0) is 0 Å². The van der Waals surface area contributed by atoms with Crippen molar-refractivity contribution in [2.24, 2.45) is 0 Å². The highest BCUT2D eigenvalue weighted by molar-refractivity contribution is 7.99. The van der Waals surface area contributed by atoms with Crippen LogP contribution in [0.2, 0.25) is 0 Å². The number of carbonyl (C=O) groups is 1. The van der Waals surface area contributed by atoms with Gasteiger partial charge in [0.05, 0.1) is 0 Å². The van der Waals surface area contributed by atoms with Gasteiger partial charge >= 0.3 is 5.97 Å². The average Bonchev–Trinajstić information content (AvgIpc) is 2.97. The number of nitrogens with zero attached hydrogens (tertiary/aromatic N) is 3. The lowest BCUT2D eigenvalue weighted by Gasteiger charge is -2.04. The molecule has 2 N–H and O–H groups in total. The SMILES string of the molecule is O=C(O)c1nn[nH]c1Sc1ccc(-c2cccnc2F)cc1. The summed E-state index contributed by atoms with van der Waals surface area (Å²) in [6.07, 6.45) is 1.39. The number of pyridine rings is 1. The van der Waals surface area contributed by atoms with E-state index in [2.05, 4.69) is 20.4 Å². The third-order valence-corrected chi connectivity index (χ3v) is 3.86. The number of aromatic nitrogens is 4. The number of aromatic carboxylic acids is 1. The molecule has 22 heavy (non-hydrogen) atoms. The Bertz CT molecular complexity index is 820. The van der Waals surface area contributed by atoms with Gasteiger partial charge in [0.2, 0.25) is 11.6 Å². The maximum absolute atomic E-state index is 13.6. The lowest BCUT2D eigenvalue weighted by Crippen LogP contribution is -1.98. The zero-order valence-electron chi connectivity index (χ0n) is 11.0. The second kappa shape index (κ2) is 5.94. The molecule has 2 aromatic heterocycles. The van der Waals surface area contributed by atoms with Gasteiger partial charge in [-0.05, 0) is 29.8 Å². The fourth-order valence-corrected chi connectivity index (χ4v) is 2.67. The van der Waals surface area contributed by atoms with Gasteiger partial charge in [-0.25, -0.2) is 9.78 Å². The summed E-state index contributed by atoms with van der Waals surface area (Å²) in [7, 11) is 0. The summed E-state index contributed by atoms with van der Waals surface area (Å²) in [4.78, 5) is 15.4. The van der Waals surface area contributed by atoms with E-state index in [0.29, 0.717) is 16.2 Å². The van der Waals surface area contributed by atoms with Crippen molar-refractivity contribution in [3.8, 4) is 11.1 Å². The number of nitrogens with one attached hydrogen (secondary N) is 1. The van der Waals surface area contributed by atoms with E-state index in [0.717, 1.165) is 4.90 Å². The minimum atomic E-state index is -1.15. The number of hydrogen-bond donors (Lipinski definition) is 2. The van der Waals surface area contributed by atoms with Crippen LogP contribution in [0.3, 0.4) is 0 Å². The molecule has 110 valence electrons. The maximum atomic E-state index is 13.6. The van der Waals surface area contributed by atoms with Crippen molar-refractivity contribution in [1.29, 1.82) is 0 Å². The van der Waals surface area contributed by atoms with E-state index in [9.17, 15) is 9.18 Å². The van der Waals surface area contributed by atoms with E-state index in [-0.39, 0.29) is 5.69 Å². The molecule has 0 aliphatic rings. The van der Waals surface area contributed by atoms with Crippen molar-refractivity contribution in [2.45, 2.75) is 9.92 Å². The van der Waals surface area contributed by atoms with Gasteiger partial charge in [0.25, 0.3) is 0 Å². The molecule has 0 spiro atoms. The fraction of sp³-hybridized carbons (Fsp3) is 0. The van der Waals surface area contributed by atoms with Crippen LogP contribution in [0, 0.1) is 5.95 Å². The van der Waals surface area contributed by atoms with E-state index >= 15 is 0 Å². The van der Waals surface area contributed by atoms with Crippen LogP contribution in [0.5, 0.6) is 0 Å². The summed E-state index contributed by atoms with van der Waals surface area (Å²) in [6, 6.07) is 10.3. The number of halogens is 1. The van der Waals surface area contributed by atoms with Crippen LogP contribution in [-0.4, -0.2) is 31.5 Å². The molecule has 6 nitrogen and oxygen atoms in total. The molecule has 0 saturated carbocycles. The van der Waals surface area contributed by atoms with Crippen LogP contribution < -0.4 is 0 Å². The Morgan fingerprint density at radius 1 is 1.23 bits per heavy atom. The van der Waals surface area contributed by atoms with Crippen molar-refractivity contribution in [1.82, 2.24) is 20.4 Å². The maximum Gasteiger partial charge on any atom is 0.359 e. The third kappa shape index (κ3) is 2.82. The molecule has 0 unspecified atom stereocenters. The van der Waals surface area contributed by atoms with E-state index in [4.69, 9.17) is 5.11 Å². The van der Waals surface area contributed by atoms with Crippen LogP contribution >= 0.6 is 11.8 Å². The molecule has 3 aromatic rings. The number of carboxylic acid groups (broad SMARTS) is 1. The van der Waals surface area contributed by atoms with Crippen molar-refractivity contribution < 1.29 is 14.3 Å². The zero-order chi connectivity index (χ0) is 15.5. The van der Waals surface area contributed by atoms with E-state index in [1.54, 1.807) is 36.4 Å². The Morgan fingerprint density at radius 2 is 2.00 bits per heavy atom. The molecule has 0 aliphatic carbocycles. The molecular formula is C14H9FN4O2S. The van der Waals surface area contributed by atoms with Gasteiger partial charge in [0.15, 0.2) is 0 Å². The first-order chi connectivity index (χ1) is 10.6. The molecule has 8 heteroatoms. The topological polar surface area (TPSA) is 91.8 Å². The molecule has 3 rings (SSSR count). The van der Waals surface area contributed by atoms with E-state index < -0.39 is 11.9 Å². The molecule has 1 aromatic carbocycles. The number of H-pyrrole nitrogens is 1. The summed E-state index contributed by atoms with van der Waals surface area (Å²) < 4.78 is 13.6. The molecule has 0 aliphatic heterocycles. The van der Waals surface area contributed by atoms with Gasteiger partial charge in [-0.3, -0.25) is 5.10 Å². The quantitative estimate of drug-likeness (QED) is 0.719. The molecule has 0 atom stereocenters. The Labute approximate surface area is 128 Å². The molecule has 0 saturated heterocycles. The van der Waals surface area contributed by atoms with Crippen LogP contribution in [0.25, 0.3) is 11.1 Å². The number of carboxylic acids is 1. The summed E-state index contributed by atoms with van der Waals surface area (Å²) in [6.45, 7) is 0. The Hall–Kier alpha value is -2.74. The smallest absolute Gasteiger partial charge is 0.359 e. The average molecular weight is 316 g/mol. The Morgan fingerprint density at radius 3 is 2.68 bits per heavy atom. The fourth-order valence-electron chi connectivity index (χ4n) is 1.85. The number of hydrogen-bond acceptors (Lipinski definition) is 5. The summed E-state index contributed by atoms with van der Waals surface area (Å²) in [5, 5.41) is 18.8. The van der Waals surface area contributed by atoms with Crippen LogP contribution in [0.15, 0.2) is 52.5 Å². The van der Waals surface area contributed by atoms with Crippen LogP contribution in [0.4, 0.5) is 4.39 Å². The molecule has 0 bridgehead atoms. The summed E-state index contributed by atoms with van der Waals surface area (Å²) in [5.41, 5.74) is 0.969. The second-order valence-corrected chi connectivity index (χ2v) is 5.35. The highest BCUT2D eigenvalue weighted by Crippen LogP contribution is 2.30. The second-order valence-electron chi connectivity index (χ2n) is 4.26. The summed E-state index contributed by atoms with van der Waals surface area (Å²) >= 11 is 1.19. The predicted molar refractivity (Wildman–Crippen MR) is 77.1 cm³/mol. The van der Waals surface area contributed by atoms with E-state index in [1.807, 2.05) is 0 Å². The Balaban J connectivity index is 1.84. The highest BCUT2D eigenvalue weighted by atomic mass is 32.2. The first kappa shape index (κ1) is 14.2. The first-order valence-corrected chi connectivity index (χ1v) is 7.00. The van der Waals surface area contributed by atoms with Crippen molar-refractivity contribution in [2.75, 3.05) is 0 Å². The predicted octanol–water partition coefficient (Wildman–Crippen LogP) is 2.86. The van der Waals surface area contributed by atoms with Gasteiger partial charge in [-0.2, -0.15) is 4.39 Å². The zero-order valence-corrected chi connectivity index (χ0v) is 11.8. The van der Waals surface area contributed by atoms with Gasteiger partial charge in [-0.15, -0.1) is 5.10 Å². The normalized spacial score (nSPS) is 10.6. The molecule has 0 radical (unpaired) electrons. The lowest BCUT2D eigenvalue weighted by molar-refractivity contribution is 0.0686. The monoisotopic (exact) mass is 316 g/mol. The molecule has 0 amide bonds. The standard InChI is InChI=1S/C14H9FN4O2S/c15-12-10(2-1-7-16-12)8-3-5-9(6-4-8)22-13-11(14(20)21)17-19-18-13/h1-7H,(H,20,21)(H,17,18,19). The number of rotatable bonds is 4. The minimum absolute atomic E-state index is 0.132. The van der Waals surface area contributed by atoms with Gasteiger partial charge in [0.1, 0.15) is 5.03 Å². The van der Waals surface area contributed by atoms with Crippen molar-refractivity contribution in [3.63, 3.8) is 0 Å². The van der Waals surface area contributed by atoms with Gasteiger partial charge in [-0.1, -0.05) is 29.1 Å². The van der Waals surface area contributed by atoms with Gasteiger partial charge in [0, 0.05) is 16.7 Å². The lowest BCUT2D eigenvalue weighted by atomic mass is 10.1. The van der Waals surface area contributed by atoms with Gasteiger partial charge < -0.3 is 5.11 Å².